The minimum atomic E-state index is -1.35. The highest BCUT2D eigenvalue weighted by atomic mass is 16.7. The van der Waals surface area contributed by atoms with Crippen molar-refractivity contribution < 1.29 is 44.5 Å². The number of rotatable bonds is 6. The highest BCUT2D eigenvalue weighted by Gasteiger charge is 2.47. The second-order valence-electron chi connectivity index (χ2n) is 8.51. The van der Waals surface area contributed by atoms with Crippen molar-refractivity contribution in [3.63, 3.8) is 0 Å². The summed E-state index contributed by atoms with van der Waals surface area (Å²) in [5, 5.41) is 52.7. The first-order valence-electron chi connectivity index (χ1n) is 10.5. The Morgan fingerprint density at radius 3 is 2.10 bits per heavy atom. The van der Waals surface area contributed by atoms with Crippen LogP contribution in [0.15, 0.2) is 0 Å². The Labute approximate surface area is 180 Å². The molecule has 12 N–H and O–H groups in total. The molecule has 13 nitrogen and oxygen atoms in total. The van der Waals surface area contributed by atoms with E-state index in [1.807, 2.05) is 0 Å². The van der Waals surface area contributed by atoms with Gasteiger partial charge in [-0.05, 0) is 13.5 Å². The third-order valence-corrected chi connectivity index (χ3v) is 6.34. The highest BCUT2D eigenvalue weighted by molar-refractivity contribution is 4.96. The Kier molecular flexibility index (Phi) is 8.59. The molecule has 0 bridgehead atoms. The monoisotopic (exact) mass is 452 g/mol. The lowest BCUT2D eigenvalue weighted by Gasteiger charge is -2.46. The van der Waals surface area contributed by atoms with E-state index < -0.39 is 86.1 Å². The van der Waals surface area contributed by atoms with E-state index in [1.165, 1.54) is 0 Å². The van der Waals surface area contributed by atoms with Crippen molar-refractivity contribution in [2.24, 2.45) is 17.2 Å². The van der Waals surface area contributed by atoms with Crippen LogP contribution < -0.4 is 22.5 Å². The van der Waals surface area contributed by atoms with Crippen molar-refractivity contribution in [3.8, 4) is 0 Å². The average Bonchev–Trinajstić information content (AvgIpc) is 2.73. The van der Waals surface area contributed by atoms with Crippen molar-refractivity contribution >= 4 is 0 Å². The SMILES string of the molecule is CNC1C(O)COC(OC2CC(OC3OC(CO)C(O)C(O)C3N)C(N)CC2N)C1O. The molecule has 2 heterocycles. The number of aliphatic hydroxyl groups is 5. The van der Waals surface area contributed by atoms with Crippen LogP contribution >= 0.6 is 0 Å². The summed E-state index contributed by atoms with van der Waals surface area (Å²) in [6.45, 7) is -0.532. The van der Waals surface area contributed by atoms with Gasteiger partial charge in [-0.2, -0.15) is 0 Å². The van der Waals surface area contributed by atoms with E-state index in [2.05, 4.69) is 5.32 Å². The summed E-state index contributed by atoms with van der Waals surface area (Å²) >= 11 is 0. The zero-order valence-corrected chi connectivity index (χ0v) is 17.4. The van der Waals surface area contributed by atoms with Crippen LogP contribution in [0.25, 0.3) is 0 Å². The molecule has 1 aliphatic carbocycles. The van der Waals surface area contributed by atoms with Crippen LogP contribution in [0.3, 0.4) is 0 Å². The summed E-state index contributed by atoms with van der Waals surface area (Å²) in [5.74, 6) is 0. The van der Waals surface area contributed by atoms with Gasteiger partial charge in [0.05, 0.1) is 43.6 Å². The van der Waals surface area contributed by atoms with Gasteiger partial charge in [-0.25, -0.2) is 0 Å². The van der Waals surface area contributed by atoms with Gasteiger partial charge >= 0.3 is 0 Å². The highest BCUT2D eigenvalue weighted by Crippen LogP contribution is 2.29. The molecule has 0 aromatic rings. The van der Waals surface area contributed by atoms with Crippen LogP contribution in [0, 0.1) is 0 Å². The lowest BCUT2D eigenvalue weighted by atomic mass is 9.86. The number of aliphatic hydroxyl groups excluding tert-OH is 5. The predicted molar refractivity (Wildman–Crippen MR) is 105 cm³/mol. The van der Waals surface area contributed by atoms with E-state index in [9.17, 15) is 25.5 Å². The Morgan fingerprint density at radius 2 is 1.52 bits per heavy atom. The third kappa shape index (κ3) is 5.35. The summed E-state index contributed by atoms with van der Waals surface area (Å²) in [7, 11) is 1.62. The maximum absolute atomic E-state index is 10.5. The molecule has 13 unspecified atom stereocenters. The fourth-order valence-corrected chi connectivity index (χ4v) is 4.36. The summed E-state index contributed by atoms with van der Waals surface area (Å²) < 4.78 is 22.8. The maximum Gasteiger partial charge on any atom is 0.185 e. The number of hydrogen-bond donors (Lipinski definition) is 9. The van der Waals surface area contributed by atoms with Crippen LogP contribution in [0.5, 0.6) is 0 Å². The smallest absolute Gasteiger partial charge is 0.185 e. The lowest BCUT2D eigenvalue weighted by Crippen LogP contribution is -2.65. The first kappa shape index (κ1) is 25.1. The zero-order valence-electron chi connectivity index (χ0n) is 17.4. The summed E-state index contributed by atoms with van der Waals surface area (Å²) in [5.41, 5.74) is 18.4. The largest absolute Gasteiger partial charge is 0.394 e. The fraction of sp³-hybridized carbons (Fsp3) is 1.00. The molecule has 2 saturated heterocycles. The van der Waals surface area contributed by atoms with Crippen LogP contribution in [0.4, 0.5) is 0 Å². The average molecular weight is 453 g/mol. The normalized spacial score (nSPS) is 51.6. The van der Waals surface area contributed by atoms with Gasteiger partial charge in [0.15, 0.2) is 12.6 Å². The molecule has 0 aromatic heterocycles. The van der Waals surface area contributed by atoms with E-state index in [0.717, 1.165) is 0 Å². The standard InChI is InChI=1S/C18H36N4O9/c1-22-13-8(24)5-28-18(16(13)27)30-10-3-9(6(19)2-7(10)20)29-17-12(21)15(26)14(25)11(4-23)31-17/h6-18,22-27H,2-5,19-21H2,1H3. The predicted octanol–water partition coefficient (Wildman–Crippen LogP) is -5.36. The van der Waals surface area contributed by atoms with Gasteiger partial charge in [0.25, 0.3) is 0 Å². The van der Waals surface area contributed by atoms with Crippen LogP contribution in [-0.2, 0) is 18.9 Å². The van der Waals surface area contributed by atoms with Gasteiger partial charge in [-0.1, -0.05) is 0 Å². The van der Waals surface area contributed by atoms with Crippen molar-refractivity contribution in [3.05, 3.63) is 0 Å². The quantitative estimate of drug-likeness (QED) is 0.183. The molecule has 13 atom stereocenters. The van der Waals surface area contributed by atoms with Gasteiger partial charge < -0.3 is 67.0 Å². The number of ether oxygens (including phenoxy) is 4. The van der Waals surface area contributed by atoms with Crippen LogP contribution in [-0.4, -0.2) is 125 Å². The topological polar surface area (TPSA) is 228 Å². The van der Waals surface area contributed by atoms with E-state index in [4.69, 9.17) is 36.1 Å². The molecule has 182 valence electrons. The Balaban J connectivity index is 1.64. The Bertz CT molecular complexity index is 576. The first-order chi connectivity index (χ1) is 14.7. The van der Waals surface area contributed by atoms with Gasteiger partial charge in [0.1, 0.15) is 24.4 Å². The number of nitrogens with two attached hydrogens (primary N) is 3. The molecule has 0 radical (unpaired) electrons. The van der Waals surface area contributed by atoms with Gasteiger partial charge in [0.2, 0.25) is 0 Å². The number of nitrogens with one attached hydrogen (secondary N) is 1. The third-order valence-electron chi connectivity index (χ3n) is 6.34. The van der Waals surface area contributed by atoms with Crippen LogP contribution in [0.1, 0.15) is 12.8 Å². The maximum atomic E-state index is 10.5. The molecule has 31 heavy (non-hydrogen) atoms. The minimum Gasteiger partial charge on any atom is -0.394 e. The minimum absolute atomic E-state index is 0.0117. The second kappa shape index (κ2) is 10.6. The molecule has 3 fully saturated rings. The molecular weight excluding hydrogens is 416 g/mol. The van der Waals surface area contributed by atoms with E-state index in [0.29, 0.717) is 6.42 Å². The molecule has 3 rings (SSSR count). The van der Waals surface area contributed by atoms with E-state index >= 15 is 0 Å². The van der Waals surface area contributed by atoms with Gasteiger partial charge in [-0.3, -0.25) is 0 Å². The number of likely N-dealkylation sites (N-methyl/N-ethyl adjacent to an activating group) is 1. The molecule has 0 amide bonds. The van der Waals surface area contributed by atoms with Crippen LogP contribution in [0.2, 0.25) is 0 Å². The van der Waals surface area contributed by atoms with Crippen molar-refractivity contribution in [2.75, 3.05) is 20.3 Å². The summed E-state index contributed by atoms with van der Waals surface area (Å²) in [4.78, 5) is 0. The van der Waals surface area contributed by atoms with E-state index in [-0.39, 0.29) is 13.0 Å². The summed E-state index contributed by atoms with van der Waals surface area (Å²) in [6, 6.07) is -2.61. The fourth-order valence-electron chi connectivity index (χ4n) is 4.36. The Hall–Kier alpha value is -0.520. The van der Waals surface area contributed by atoms with Crippen molar-refractivity contribution in [2.45, 2.75) is 92.3 Å². The van der Waals surface area contributed by atoms with Crippen molar-refractivity contribution in [1.29, 1.82) is 0 Å². The van der Waals surface area contributed by atoms with E-state index in [1.54, 1.807) is 7.05 Å². The molecule has 2 aliphatic heterocycles. The van der Waals surface area contributed by atoms with Gasteiger partial charge in [-0.15, -0.1) is 0 Å². The molecular formula is C18H36N4O9. The molecule has 0 aromatic carbocycles. The Morgan fingerprint density at radius 1 is 0.903 bits per heavy atom. The van der Waals surface area contributed by atoms with Gasteiger partial charge in [0, 0.05) is 18.5 Å². The van der Waals surface area contributed by atoms with Crippen molar-refractivity contribution in [1.82, 2.24) is 5.32 Å². The summed E-state index contributed by atoms with van der Waals surface area (Å²) in [6.07, 6.45) is -8.48. The first-order valence-corrected chi connectivity index (χ1v) is 10.5. The zero-order chi connectivity index (χ0) is 22.9. The lowest BCUT2D eigenvalue weighted by molar-refractivity contribution is -0.293. The molecule has 0 spiro atoms. The number of hydrogen-bond acceptors (Lipinski definition) is 13. The second-order valence-corrected chi connectivity index (χ2v) is 8.51. The molecule has 3 aliphatic rings. The molecule has 1 saturated carbocycles. The molecule has 13 heteroatoms.